The highest BCUT2D eigenvalue weighted by molar-refractivity contribution is 5.97. The number of H-pyrrole nitrogens is 1. The zero-order valence-electron chi connectivity index (χ0n) is 23.2. The van der Waals surface area contributed by atoms with Crippen molar-refractivity contribution in [2.45, 2.75) is 25.4 Å². The minimum Gasteiger partial charge on any atom is -0.427 e. The van der Waals surface area contributed by atoms with Crippen molar-refractivity contribution in [3.8, 4) is 11.5 Å². The SMILES string of the molecule is Nc1nc(=O)c2nc(CNc3ccc(C(=O)N[C@@H](CCC(=O)Oc4ccccc4)C(=O)Oc4ccccc4)cc3)cnc2[nH]1. The molecule has 13 nitrogen and oxygen atoms in total. The van der Waals surface area contributed by atoms with E-state index in [1.54, 1.807) is 84.9 Å². The number of carbonyl (C=O) groups excluding carboxylic acids is 3. The van der Waals surface area contributed by atoms with Gasteiger partial charge >= 0.3 is 17.5 Å². The summed E-state index contributed by atoms with van der Waals surface area (Å²) in [4.78, 5) is 65.4. The Labute approximate surface area is 250 Å². The van der Waals surface area contributed by atoms with Gasteiger partial charge in [-0.15, -0.1) is 0 Å². The van der Waals surface area contributed by atoms with Crippen molar-refractivity contribution in [2.75, 3.05) is 11.1 Å². The fourth-order valence-electron chi connectivity index (χ4n) is 4.09. The first-order chi connectivity index (χ1) is 21.3. The number of aromatic nitrogens is 4. The molecule has 0 saturated carbocycles. The van der Waals surface area contributed by atoms with Crippen LogP contribution >= 0.6 is 0 Å². The van der Waals surface area contributed by atoms with Crippen molar-refractivity contribution in [1.82, 2.24) is 25.3 Å². The van der Waals surface area contributed by atoms with Gasteiger partial charge in [0.05, 0.1) is 18.4 Å². The summed E-state index contributed by atoms with van der Waals surface area (Å²) in [5, 5.41) is 5.81. The summed E-state index contributed by atoms with van der Waals surface area (Å²) >= 11 is 0. The predicted octanol–water partition coefficient (Wildman–Crippen LogP) is 3.00. The Morgan fingerprint density at radius 1 is 0.864 bits per heavy atom. The van der Waals surface area contributed by atoms with Crippen LogP contribution in [0.3, 0.4) is 0 Å². The van der Waals surface area contributed by atoms with Gasteiger partial charge < -0.3 is 30.8 Å². The van der Waals surface area contributed by atoms with E-state index in [0.29, 0.717) is 22.9 Å². The van der Waals surface area contributed by atoms with E-state index >= 15 is 0 Å². The molecule has 13 heteroatoms. The van der Waals surface area contributed by atoms with Crippen LogP contribution in [0, 0.1) is 0 Å². The molecule has 2 aromatic heterocycles. The second kappa shape index (κ2) is 13.7. The lowest BCUT2D eigenvalue weighted by Gasteiger charge is -2.17. The molecule has 0 aliphatic carbocycles. The Hall–Kier alpha value is -6.11. The molecule has 44 heavy (non-hydrogen) atoms. The van der Waals surface area contributed by atoms with E-state index in [4.69, 9.17) is 15.2 Å². The molecule has 0 saturated heterocycles. The molecule has 2 heterocycles. The summed E-state index contributed by atoms with van der Waals surface area (Å²) in [6.07, 6.45) is 1.32. The third-order valence-electron chi connectivity index (χ3n) is 6.28. The number of hydrogen-bond acceptors (Lipinski definition) is 11. The average molecular weight is 594 g/mol. The second-order valence-corrected chi connectivity index (χ2v) is 9.50. The van der Waals surface area contributed by atoms with Crippen molar-refractivity contribution in [3.05, 3.63) is 113 Å². The standard InChI is InChI=1S/C31H27N7O6/c32-31-37-27-26(29(41)38-31)35-21(18-34-27)17-33-20-13-11-19(12-14-20)28(40)36-24(30(42)44-23-9-5-2-6-10-23)15-16-25(39)43-22-7-3-1-4-8-22/h1-14,18,24,33H,15-17H2,(H,36,40)(H3,32,34,37,38,41)/t24-/m0/s1. The van der Waals surface area contributed by atoms with Crippen molar-refractivity contribution >= 4 is 40.6 Å². The van der Waals surface area contributed by atoms with Gasteiger partial charge in [-0.05, 0) is 55.0 Å². The van der Waals surface area contributed by atoms with Gasteiger partial charge in [-0.2, -0.15) is 4.98 Å². The molecule has 1 atom stereocenters. The largest absolute Gasteiger partial charge is 0.427 e. The van der Waals surface area contributed by atoms with Gasteiger partial charge in [0.25, 0.3) is 5.91 Å². The maximum absolute atomic E-state index is 13.1. The molecule has 0 aliphatic heterocycles. The van der Waals surface area contributed by atoms with E-state index in [0.717, 1.165) is 0 Å². The van der Waals surface area contributed by atoms with Crippen LogP contribution in [0.15, 0.2) is 95.9 Å². The molecular formula is C31H27N7O6. The summed E-state index contributed by atoms with van der Waals surface area (Å²) in [6.45, 7) is 0.241. The maximum atomic E-state index is 13.1. The monoisotopic (exact) mass is 593 g/mol. The number of rotatable bonds is 11. The molecule has 0 fully saturated rings. The van der Waals surface area contributed by atoms with E-state index in [-0.39, 0.29) is 42.1 Å². The van der Waals surface area contributed by atoms with Gasteiger partial charge in [0, 0.05) is 17.7 Å². The number of nitrogens with two attached hydrogens (primary N) is 1. The van der Waals surface area contributed by atoms with Crippen LogP contribution < -0.4 is 31.4 Å². The number of para-hydroxylation sites is 2. The van der Waals surface area contributed by atoms with Crippen molar-refractivity contribution in [3.63, 3.8) is 0 Å². The zero-order valence-corrected chi connectivity index (χ0v) is 23.2. The van der Waals surface area contributed by atoms with Crippen LogP contribution in [0.4, 0.5) is 11.6 Å². The number of carbonyl (C=O) groups is 3. The quantitative estimate of drug-likeness (QED) is 0.130. The maximum Gasteiger partial charge on any atom is 0.334 e. The van der Waals surface area contributed by atoms with E-state index in [9.17, 15) is 19.2 Å². The van der Waals surface area contributed by atoms with Crippen LogP contribution in [-0.4, -0.2) is 43.8 Å². The summed E-state index contributed by atoms with van der Waals surface area (Å²) < 4.78 is 10.7. The number of fused-ring (bicyclic) bond motifs is 1. The molecule has 0 unspecified atom stereocenters. The molecule has 0 bridgehead atoms. The Bertz CT molecular complexity index is 1830. The number of anilines is 2. The molecule has 3 aromatic carbocycles. The Morgan fingerprint density at radius 2 is 1.52 bits per heavy atom. The predicted molar refractivity (Wildman–Crippen MR) is 161 cm³/mol. The number of ether oxygens (including phenoxy) is 2. The number of nitrogen functional groups attached to an aromatic ring is 1. The van der Waals surface area contributed by atoms with Gasteiger partial charge in [-0.25, -0.2) is 14.8 Å². The Balaban J connectivity index is 1.21. The smallest absolute Gasteiger partial charge is 0.334 e. The minimum atomic E-state index is -1.12. The first-order valence-corrected chi connectivity index (χ1v) is 13.5. The first kappa shape index (κ1) is 29.4. The zero-order chi connectivity index (χ0) is 30.9. The number of hydrogen-bond donors (Lipinski definition) is 4. The normalized spacial score (nSPS) is 11.4. The lowest BCUT2D eigenvalue weighted by Crippen LogP contribution is -2.43. The van der Waals surface area contributed by atoms with Gasteiger partial charge in [0.2, 0.25) is 5.95 Å². The molecule has 0 radical (unpaired) electrons. The molecular weight excluding hydrogens is 566 g/mol. The van der Waals surface area contributed by atoms with Gasteiger partial charge in [0.1, 0.15) is 17.5 Å². The van der Waals surface area contributed by atoms with Gasteiger partial charge in [0.15, 0.2) is 11.2 Å². The highest BCUT2D eigenvalue weighted by Gasteiger charge is 2.25. The Kier molecular flexibility index (Phi) is 9.15. The molecule has 5 rings (SSSR count). The van der Waals surface area contributed by atoms with Gasteiger partial charge in [-0.1, -0.05) is 36.4 Å². The summed E-state index contributed by atoms with van der Waals surface area (Å²) in [6, 6.07) is 22.3. The van der Waals surface area contributed by atoms with Gasteiger partial charge in [-0.3, -0.25) is 14.4 Å². The van der Waals surface area contributed by atoms with Crippen LogP contribution in [0.5, 0.6) is 11.5 Å². The number of nitrogens with zero attached hydrogens (tertiary/aromatic N) is 3. The first-order valence-electron chi connectivity index (χ1n) is 13.5. The highest BCUT2D eigenvalue weighted by Crippen LogP contribution is 2.15. The molecule has 0 aliphatic rings. The van der Waals surface area contributed by atoms with Crippen LogP contribution in [-0.2, 0) is 16.1 Å². The fraction of sp³-hybridized carbons (Fsp3) is 0.129. The molecule has 5 aromatic rings. The van der Waals surface area contributed by atoms with Crippen molar-refractivity contribution in [1.29, 1.82) is 0 Å². The van der Waals surface area contributed by atoms with E-state index in [1.165, 1.54) is 6.20 Å². The third kappa shape index (κ3) is 7.79. The van der Waals surface area contributed by atoms with Crippen molar-refractivity contribution in [2.24, 2.45) is 0 Å². The molecule has 1 amide bonds. The highest BCUT2D eigenvalue weighted by atomic mass is 16.5. The fourth-order valence-corrected chi connectivity index (χ4v) is 4.09. The average Bonchev–Trinajstić information content (AvgIpc) is 3.03. The number of benzene rings is 3. The summed E-state index contributed by atoms with van der Waals surface area (Å²) in [7, 11) is 0. The lowest BCUT2D eigenvalue weighted by molar-refractivity contribution is -0.137. The van der Waals surface area contributed by atoms with E-state index in [2.05, 4.69) is 30.6 Å². The molecule has 5 N–H and O–H groups in total. The minimum absolute atomic E-state index is 0.0412. The third-order valence-corrected chi connectivity index (χ3v) is 6.28. The number of esters is 2. The van der Waals surface area contributed by atoms with E-state index < -0.39 is 29.4 Å². The Morgan fingerprint density at radius 3 is 2.20 bits per heavy atom. The van der Waals surface area contributed by atoms with Crippen molar-refractivity contribution < 1.29 is 23.9 Å². The number of nitrogens with one attached hydrogen (secondary N) is 3. The van der Waals surface area contributed by atoms with Crippen LogP contribution in [0.2, 0.25) is 0 Å². The summed E-state index contributed by atoms with van der Waals surface area (Å²) in [5.74, 6) is -1.17. The molecule has 0 spiro atoms. The lowest BCUT2D eigenvalue weighted by atomic mass is 10.1. The second-order valence-electron chi connectivity index (χ2n) is 9.50. The van der Waals surface area contributed by atoms with Crippen LogP contribution in [0.1, 0.15) is 28.9 Å². The topological polar surface area (TPSA) is 191 Å². The molecule has 222 valence electrons. The van der Waals surface area contributed by atoms with E-state index in [1.807, 2.05) is 0 Å². The number of aromatic amines is 1. The number of amides is 1. The van der Waals surface area contributed by atoms with Crippen LogP contribution in [0.25, 0.3) is 11.2 Å². The summed E-state index contributed by atoms with van der Waals surface area (Å²) in [5.41, 5.74) is 6.69.